The van der Waals surface area contributed by atoms with Gasteiger partial charge in [0.05, 0.1) is 13.2 Å². The summed E-state index contributed by atoms with van der Waals surface area (Å²) in [5, 5.41) is 13.8. The highest BCUT2D eigenvalue weighted by molar-refractivity contribution is 5.97. The van der Waals surface area contributed by atoms with Crippen molar-refractivity contribution in [2.75, 3.05) is 32.6 Å². The number of ether oxygens (including phenoxy) is 1. The number of hydrogen-bond donors (Lipinski definition) is 2. The molecule has 1 aromatic heterocycles. The van der Waals surface area contributed by atoms with Gasteiger partial charge in [0.1, 0.15) is 0 Å². The van der Waals surface area contributed by atoms with Crippen molar-refractivity contribution in [3.63, 3.8) is 0 Å². The lowest BCUT2D eigenvalue weighted by molar-refractivity contribution is 0.0891. The zero-order valence-corrected chi connectivity index (χ0v) is 15.0. The third-order valence-corrected chi connectivity index (χ3v) is 4.20. The molecule has 3 rings (SSSR count). The van der Waals surface area contributed by atoms with Crippen LogP contribution in [0.1, 0.15) is 22.2 Å². The molecule has 0 saturated heterocycles. The lowest BCUT2D eigenvalue weighted by Crippen LogP contribution is -2.28. The lowest BCUT2D eigenvalue weighted by atomic mass is 10.1. The highest BCUT2D eigenvalue weighted by atomic mass is 16.5. The minimum atomic E-state index is -0.797. The number of amides is 1. The number of para-hydroxylation sites is 1. The Morgan fingerprint density at radius 3 is 2.62 bits per heavy atom. The van der Waals surface area contributed by atoms with Gasteiger partial charge in [-0.15, -0.1) is 0 Å². The number of furan rings is 1. The van der Waals surface area contributed by atoms with Crippen molar-refractivity contribution in [2.24, 2.45) is 0 Å². The monoisotopic (exact) mass is 354 g/mol. The normalized spacial score (nSPS) is 12.0. The van der Waals surface area contributed by atoms with Gasteiger partial charge in [-0.3, -0.25) is 4.79 Å². The van der Waals surface area contributed by atoms with Crippen LogP contribution in [0, 0.1) is 0 Å². The third kappa shape index (κ3) is 3.65. The quantitative estimate of drug-likeness (QED) is 0.712. The number of carbonyl (C=O) groups excluding carboxylic acids is 1. The zero-order chi connectivity index (χ0) is 18.7. The van der Waals surface area contributed by atoms with Crippen LogP contribution in [0.4, 0.5) is 5.69 Å². The fourth-order valence-electron chi connectivity index (χ4n) is 2.70. The number of hydrogen-bond acceptors (Lipinski definition) is 5. The Bertz CT molecular complexity index is 900. The van der Waals surface area contributed by atoms with Crippen LogP contribution >= 0.6 is 0 Å². The van der Waals surface area contributed by atoms with Crippen LogP contribution < -0.4 is 15.0 Å². The van der Waals surface area contributed by atoms with Crippen LogP contribution in [0.5, 0.6) is 5.75 Å². The van der Waals surface area contributed by atoms with Gasteiger partial charge in [-0.1, -0.05) is 24.3 Å². The van der Waals surface area contributed by atoms with Crippen LogP contribution in [0.3, 0.4) is 0 Å². The number of carbonyl (C=O) groups is 1. The number of rotatable bonds is 6. The summed E-state index contributed by atoms with van der Waals surface area (Å²) >= 11 is 0. The maximum Gasteiger partial charge on any atom is 0.287 e. The molecule has 0 spiro atoms. The number of nitrogens with zero attached hydrogens (tertiary/aromatic N) is 1. The average Bonchev–Trinajstić information content (AvgIpc) is 3.10. The Kier molecular flexibility index (Phi) is 5.14. The van der Waals surface area contributed by atoms with Gasteiger partial charge >= 0.3 is 0 Å². The number of nitrogens with one attached hydrogen (secondary N) is 1. The maximum atomic E-state index is 12.3. The molecular formula is C20H22N2O4. The summed E-state index contributed by atoms with van der Waals surface area (Å²) < 4.78 is 10.8. The van der Waals surface area contributed by atoms with Crippen molar-refractivity contribution in [1.82, 2.24) is 5.32 Å². The van der Waals surface area contributed by atoms with Crippen molar-refractivity contribution in [3.8, 4) is 5.75 Å². The standard InChI is InChI=1S/C20H22N2O4/c1-22(2)15-9-7-13(8-10-15)16(23)12-21-20(24)18-11-14-5-4-6-17(25-3)19(14)26-18/h4-11,16,23H,12H2,1-3H3,(H,21,24). The molecule has 1 heterocycles. The molecular weight excluding hydrogens is 332 g/mol. The van der Waals surface area contributed by atoms with E-state index in [0.717, 1.165) is 16.6 Å². The van der Waals surface area contributed by atoms with Crippen molar-refractivity contribution in [3.05, 3.63) is 59.9 Å². The topological polar surface area (TPSA) is 74.9 Å². The van der Waals surface area contributed by atoms with E-state index in [-0.39, 0.29) is 18.2 Å². The molecule has 0 aliphatic rings. The van der Waals surface area contributed by atoms with E-state index in [0.29, 0.717) is 11.3 Å². The van der Waals surface area contributed by atoms with E-state index < -0.39 is 6.10 Å². The molecule has 6 nitrogen and oxygen atoms in total. The Labute approximate surface area is 152 Å². The molecule has 1 amide bonds. The summed E-state index contributed by atoms with van der Waals surface area (Å²) in [5.41, 5.74) is 2.31. The summed E-state index contributed by atoms with van der Waals surface area (Å²) in [6.07, 6.45) is -0.797. The predicted octanol–water partition coefficient (Wildman–Crippen LogP) is 2.97. The molecule has 136 valence electrons. The molecule has 2 N–H and O–H groups in total. The van der Waals surface area contributed by atoms with Crippen LogP contribution in [0.25, 0.3) is 11.0 Å². The van der Waals surface area contributed by atoms with E-state index in [1.54, 1.807) is 19.2 Å². The molecule has 0 saturated carbocycles. The molecule has 1 atom stereocenters. The van der Waals surface area contributed by atoms with Gasteiger partial charge in [0, 0.05) is 31.7 Å². The summed E-state index contributed by atoms with van der Waals surface area (Å²) in [5.74, 6) is 0.370. The number of aliphatic hydroxyl groups is 1. The molecule has 1 unspecified atom stereocenters. The Balaban J connectivity index is 1.66. The van der Waals surface area contributed by atoms with Gasteiger partial charge in [-0.25, -0.2) is 0 Å². The van der Waals surface area contributed by atoms with Gasteiger partial charge in [-0.05, 0) is 29.8 Å². The number of benzene rings is 2. The number of methoxy groups -OCH3 is 1. The molecule has 0 aliphatic carbocycles. The fraction of sp³-hybridized carbons (Fsp3) is 0.250. The molecule has 3 aromatic rings. The van der Waals surface area contributed by atoms with Crippen LogP contribution in [-0.4, -0.2) is 38.8 Å². The van der Waals surface area contributed by atoms with E-state index in [4.69, 9.17) is 9.15 Å². The SMILES string of the molecule is COc1cccc2cc(C(=O)NCC(O)c3ccc(N(C)C)cc3)oc12. The number of aliphatic hydroxyl groups excluding tert-OH is 1. The predicted molar refractivity (Wildman–Crippen MR) is 101 cm³/mol. The van der Waals surface area contributed by atoms with E-state index >= 15 is 0 Å². The molecule has 0 fully saturated rings. The second kappa shape index (κ2) is 7.49. The fourth-order valence-corrected chi connectivity index (χ4v) is 2.70. The number of fused-ring (bicyclic) bond motifs is 1. The number of anilines is 1. The highest BCUT2D eigenvalue weighted by Gasteiger charge is 2.16. The van der Waals surface area contributed by atoms with E-state index in [1.807, 2.05) is 55.4 Å². The summed E-state index contributed by atoms with van der Waals surface area (Å²) in [4.78, 5) is 14.3. The van der Waals surface area contributed by atoms with E-state index in [2.05, 4.69) is 5.32 Å². The maximum absolute atomic E-state index is 12.3. The summed E-state index contributed by atoms with van der Waals surface area (Å²) in [6, 6.07) is 14.6. The van der Waals surface area contributed by atoms with Gasteiger partial charge in [0.2, 0.25) is 0 Å². The Hall–Kier alpha value is -2.99. The molecule has 26 heavy (non-hydrogen) atoms. The molecule has 0 radical (unpaired) electrons. The van der Waals surface area contributed by atoms with E-state index in [9.17, 15) is 9.90 Å². The smallest absolute Gasteiger partial charge is 0.287 e. The van der Waals surface area contributed by atoms with Crippen molar-refractivity contribution in [2.45, 2.75) is 6.10 Å². The summed E-state index contributed by atoms with van der Waals surface area (Å²) in [7, 11) is 5.46. The minimum Gasteiger partial charge on any atom is -0.493 e. The zero-order valence-electron chi connectivity index (χ0n) is 15.0. The van der Waals surface area contributed by atoms with Crippen LogP contribution in [-0.2, 0) is 0 Å². The molecule has 0 aliphatic heterocycles. The van der Waals surface area contributed by atoms with E-state index in [1.165, 1.54) is 0 Å². The van der Waals surface area contributed by atoms with Gasteiger partial charge in [0.15, 0.2) is 17.1 Å². The first-order chi connectivity index (χ1) is 12.5. The second-order valence-electron chi connectivity index (χ2n) is 6.20. The van der Waals surface area contributed by atoms with Crippen molar-refractivity contribution < 1.29 is 19.1 Å². The molecule has 6 heteroatoms. The van der Waals surface area contributed by atoms with Gasteiger partial charge in [-0.2, -0.15) is 0 Å². The first kappa shape index (κ1) is 17.8. The lowest BCUT2D eigenvalue weighted by Gasteiger charge is -2.15. The Morgan fingerprint density at radius 1 is 1.23 bits per heavy atom. The van der Waals surface area contributed by atoms with Crippen molar-refractivity contribution in [1.29, 1.82) is 0 Å². The summed E-state index contributed by atoms with van der Waals surface area (Å²) in [6.45, 7) is 0.0916. The van der Waals surface area contributed by atoms with Crippen LogP contribution in [0.2, 0.25) is 0 Å². The van der Waals surface area contributed by atoms with Crippen molar-refractivity contribution >= 4 is 22.6 Å². The average molecular weight is 354 g/mol. The third-order valence-electron chi connectivity index (χ3n) is 4.20. The Morgan fingerprint density at radius 2 is 1.96 bits per heavy atom. The second-order valence-corrected chi connectivity index (χ2v) is 6.20. The highest BCUT2D eigenvalue weighted by Crippen LogP contribution is 2.28. The molecule has 0 bridgehead atoms. The largest absolute Gasteiger partial charge is 0.493 e. The first-order valence-electron chi connectivity index (χ1n) is 8.29. The van der Waals surface area contributed by atoms with Crippen LogP contribution in [0.15, 0.2) is 52.9 Å². The van der Waals surface area contributed by atoms with Gasteiger partial charge in [0.25, 0.3) is 5.91 Å². The first-order valence-corrected chi connectivity index (χ1v) is 8.29. The van der Waals surface area contributed by atoms with Gasteiger partial charge < -0.3 is 24.5 Å². The molecule has 2 aromatic carbocycles. The minimum absolute atomic E-state index is 0.0916.